The Hall–Kier alpha value is -3.87. The van der Waals surface area contributed by atoms with Crippen LogP contribution in [0, 0.1) is 6.92 Å². The van der Waals surface area contributed by atoms with Gasteiger partial charge in [-0.3, -0.25) is 10.3 Å². The highest BCUT2D eigenvalue weighted by Gasteiger charge is 2.33. The minimum absolute atomic E-state index is 0.0168. The molecule has 2 saturated heterocycles. The number of fused-ring (bicyclic) bond motifs is 1. The van der Waals surface area contributed by atoms with Crippen molar-refractivity contribution in [2.45, 2.75) is 72.9 Å². The van der Waals surface area contributed by atoms with Crippen molar-refractivity contribution in [3.05, 3.63) is 71.0 Å². The number of ether oxygens (including phenoxy) is 2. The number of nitrogen functional groups attached to an aromatic ring is 1. The molecule has 6 rings (SSSR count). The van der Waals surface area contributed by atoms with Crippen LogP contribution in [0.4, 0.5) is 20.5 Å². The molecule has 0 spiro atoms. The molecule has 2 aromatic heterocycles. The fraction of sp³-hybridized carbons (Fsp3) is 0.514. The highest BCUT2D eigenvalue weighted by Crippen LogP contribution is 2.35. The lowest BCUT2D eigenvalue weighted by atomic mass is 9.94. The first-order chi connectivity index (χ1) is 22.8. The van der Waals surface area contributed by atoms with Gasteiger partial charge in [0.1, 0.15) is 11.6 Å². The average Bonchev–Trinajstić information content (AvgIpc) is 3.79. The van der Waals surface area contributed by atoms with E-state index in [0.29, 0.717) is 18.1 Å². The number of aryl methyl sites for hydroxylation is 2. The molecule has 2 aliphatic rings. The number of hydrogen-bond acceptors (Lipinski definition) is 9. The van der Waals surface area contributed by atoms with Crippen LogP contribution in [0.2, 0.25) is 0 Å². The fourth-order valence-electron chi connectivity index (χ4n) is 5.69. The minimum atomic E-state index is -2.50. The van der Waals surface area contributed by atoms with E-state index < -0.39 is 6.43 Å². The summed E-state index contributed by atoms with van der Waals surface area (Å²) >= 11 is 0. The number of alkyl halides is 2. The number of hydrazine groups is 1. The van der Waals surface area contributed by atoms with Gasteiger partial charge in [0.15, 0.2) is 17.0 Å². The Bertz CT molecular complexity index is 1490. The summed E-state index contributed by atoms with van der Waals surface area (Å²) in [5.41, 5.74) is 6.07. The standard InChI is InChI=1S/C27H32F2N8O.C4H8O.2C2H6/c1-16-15-36(13-14-37(16)26-22-25(32-27(33-26)34-30)35(3)17(2)31-22)23(19-9-11-21(38-4)12-10-19)18-5-7-20(8-6-18)24(28)29;1-2-4-5-3-1;2*1-2/h5-12,16,23-24H,13-15,30H2,1-4H3,(H,32,33,34);1-4H2;2*1-2H3. The van der Waals surface area contributed by atoms with Crippen LogP contribution in [0.5, 0.6) is 5.75 Å². The van der Waals surface area contributed by atoms with Crippen LogP contribution in [0.15, 0.2) is 48.5 Å². The molecule has 10 nitrogen and oxygen atoms in total. The van der Waals surface area contributed by atoms with Gasteiger partial charge in [-0.1, -0.05) is 64.1 Å². The van der Waals surface area contributed by atoms with Gasteiger partial charge in [-0.25, -0.2) is 19.6 Å². The molecule has 2 aromatic carbocycles. The number of methoxy groups -OCH3 is 1. The lowest BCUT2D eigenvalue weighted by Gasteiger charge is -2.44. The molecule has 0 radical (unpaired) electrons. The zero-order valence-electron chi connectivity index (χ0n) is 29.1. The molecule has 2 atom stereocenters. The maximum Gasteiger partial charge on any atom is 0.263 e. The summed E-state index contributed by atoms with van der Waals surface area (Å²) in [6, 6.07) is 14.5. The third-order valence-corrected chi connectivity index (χ3v) is 8.11. The quantitative estimate of drug-likeness (QED) is 0.160. The zero-order valence-corrected chi connectivity index (χ0v) is 29.1. The molecule has 0 amide bonds. The van der Waals surface area contributed by atoms with Gasteiger partial charge in [-0.05, 0) is 49.9 Å². The molecular weight excluding hydrogens is 602 g/mol. The number of piperazine rings is 1. The highest BCUT2D eigenvalue weighted by molar-refractivity contribution is 5.85. The predicted molar refractivity (Wildman–Crippen MR) is 186 cm³/mol. The van der Waals surface area contributed by atoms with Crippen LogP contribution >= 0.6 is 0 Å². The Kier molecular flexibility index (Phi) is 14.8. The molecule has 0 aliphatic carbocycles. The molecule has 3 N–H and O–H groups in total. The number of halogens is 2. The third kappa shape index (κ3) is 9.15. The summed E-state index contributed by atoms with van der Waals surface area (Å²) in [6.07, 6.45) is 0.0555. The average molecular weight is 655 g/mol. The van der Waals surface area contributed by atoms with Crippen LogP contribution in [0.25, 0.3) is 11.2 Å². The largest absolute Gasteiger partial charge is 0.497 e. The Balaban J connectivity index is 0.000000592. The molecule has 2 fully saturated rings. The van der Waals surface area contributed by atoms with E-state index in [1.165, 1.54) is 25.0 Å². The van der Waals surface area contributed by atoms with Crippen molar-refractivity contribution in [3.63, 3.8) is 0 Å². The van der Waals surface area contributed by atoms with Gasteiger partial charge < -0.3 is 18.9 Å². The first-order valence-electron chi connectivity index (χ1n) is 16.6. The second-order valence-corrected chi connectivity index (χ2v) is 10.9. The molecular formula is C35H52F2N8O2. The number of nitrogens with one attached hydrogen (secondary N) is 1. The lowest BCUT2D eigenvalue weighted by Crippen LogP contribution is -2.53. The minimum Gasteiger partial charge on any atom is -0.497 e. The SMILES string of the molecule is C1CCOC1.CC.CC.COc1ccc(C(c2ccc(C(F)F)cc2)N2CCN(c3nc(NN)nc4c3nc(C)n4C)C(C)C2)cc1. The van der Waals surface area contributed by atoms with E-state index in [9.17, 15) is 8.78 Å². The molecule has 4 aromatic rings. The van der Waals surface area contributed by atoms with Gasteiger partial charge in [0.05, 0.1) is 13.2 Å². The summed E-state index contributed by atoms with van der Waals surface area (Å²) in [5, 5.41) is 0. The molecule has 2 unspecified atom stereocenters. The van der Waals surface area contributed by atoms with Crippen LogP contribution in [-0.2, 0) is 11.8 Å². The van der Waals surface area contributed by atoms with E-state index in [1.807, 2.05) is 70.5 Å². The second-order valence-electron chi connectivity index (χ2n) is 10.9. The van der Waals surface area contributed by atoms with E-state index in [2.05, 4.69) is 32.1 Å². The van der Waals surface area contributed by atoms with Crippen LogP contribution in [-0.4, -0.2) is 70.4 Å². The van der Waals surface area contributed by atoms with Crippen molar-refractivity contribution < 1.29 is 18.3 Å². The van der Waals surface area contributed by atoms with E-state index in [0.717, 1.165) is 60.3 Å². The van der Waals surface area contributed by atoms with Gasteiger partial charge in [-0.15, -0.1) is 0 Å². The van der Waals surface area contributed by atoms with Crippen molar-refractivity contribution in [1.82, 2.24) is 24.4 Å². The molecule has 2 aliphatic heterocycles. The Morgan fingerprint density at radius 3 is 1.96 bits per heavy atom. The Labute approximate surface area is 278 Å². The maximum absolute atomic E-state index is 13.2. The summed E-state index contributed by atoms with van der Waals surface area (Å²) in [6.45, 7) is 16.2. The fourth-order valence-corrected chi connectivity index (χ4v) is 5.69. The van der Waals surface area contributed by atoms with Gasteiger partial charge in [0.25, 0.3) is 6.43 Å². The topological polar surface area (TPSA) is 107 Å². The first-order valence-corrected chi connectivity index (χ1v) is 16.6. The second kappa shape index (κ2) is 18.5. The van der Waals surface area contributed by atoms with Crippen LogP contribution in [0.1, 0.15) is 82.4 Å². The van der Waals surface area contributed by atoms with E-state index >= 15 is 0 Å². The number of imidazole rings is 1. The van der Waals surface area contributed by atoms with Gasteiger partial charge in [-0.2, -0.15) is 9.97 Å². The normalized spacial score (nSPS) is 16.8. The summed E-state index contributed by atoms with van der Waals surface area (Å²) in [4.78, 5) is 18.5. The van der Waals surface area contributed by atoms with Gasteiger partial charge in [0.2, 0.25) is 5.95 Å². The Morgan fingerprint density at radius 2 is 1.47 bits per heavy atom. The monoisotopic (exact) mass is 654 g/mol. The summed E-state index contributed by atoms with van der Waals surface area (Å²) < 4.78 is 38.7. The number of aromatic nitrogens is 4. The summed E-state index contributed by atoms with van der Waals surface area (Å²) in [5.74, 6) is 8.36. The van der Waals surface area contributed by atoms with E-state index in [4.69, 9.17) is 20.3 Å². The predicted octanol–water partition coefficient (Wildman–Crippen LogP) is 7.05. The molecule has 0 saturated carbocycles. The van der Waals surface area contributed by atoms with Crippen molar-refractivity contribution in [2.24, 2.45) is 12.9 Å². The number of anilines is 2. The highest BCUT2D eigenvalue weighted by atomic mass is 19.3. The number of nitrogens with zero attached hydrogens (tertiary/aromatic N) is 6. The summed E-state index contributed by atoms with van der Waals surface area (Å²) in [7, 11) is 3.55. The van der Waals surface area contributed by atoms with E-state index in [1.54, 1.807) is 19.2 Å². The molecule has 47 heavy (non-hydrogen) atoms. The van der Waals surface area contributed by atoms with Crippen LogP contribution in [0.3, 0.4) is 0 Å². The molecule has 12 heteroatoms. The van der Waals surface area contributed by atoms with Gasteiger partial charge >= 0.3 is 0 Å². The lowest BCUT2D eigenvalue weighted by molar-refractivity contribution is 0.151. The number of rotatable bonds is 7. The van der Waals surface area contributed by atoms with Crippen molar-refractivity contribution >= 4 is 22.9 Å². The number of benzene rings is 2. The van der Waals surface area contributed by atoms with E-state index in [-0.39, 0.29) is 17.6 Å². The smallest absolute Gasteiger partial charge is 0.263 e. The molecule has 0 bridgehead atoms. The van der Waals surface area contributed by atoms with Crippen molar-refractivity contribution in [1.29, 1.82) is 0 Å². The number of hydrogen-bond donors (Lipinski definition) is 2. The zero-order chi connectivity index (χ0) is 34.5. The first kappa shape index (κ1) is 37.6. The molecule has 258 valence electrons. The molecule has 4 heterocycles. The van der Waals surface area contributed by atoms with Crippen LogP contribution < -0.4 is 20.9 Å². The van der Waals surface area contributed by atoms with Gasteiger partial charge in [0, 0.05) is 51.5 Å². The van der Waals surface area contributed by atoms with Crippen molar-refractivity contribution in [2.75, 3.05) is 50.3 Å². The number of nitrogens with two attached hydrogens (primary N) is 1. The van der Waals surface area contributed by atoms with Crippen molar-refractivity contribution in [3.8, 4) is 5.75 Å². The third-order valence-electron chi connectivity index (χ3n) is 8.11. The Morgan fingerprint density at radius 1 is 0.894 bits per heavy atom. The maximum atomic E-state index is 13.2.